The Balaban J connectivity index is 1.26. The first-order valence-electron chi connectivity index (χ1n) is 9.94. The highest BCUT2D eigenvalue weighted by Crippen LogP contribution is 2.27. The lowest BCUT2D eigenvalue weighted by atomic mass is 10.2. The highest BCUT2D eigenvalue weighted by Gasteiger charge is 2.15. The lowest BCUT2D eigenvalue weighted by Crippen LogP contribution is -2.33. The second-order valence-electron chi connectivity index (χ2n) is 7.17. The van der Waals surface area contributed by atoms with Crippen molar-refractivity contribution in [3.8, 4) is 22.8 Å². The van der Waals surface area contributed by atoms with Gasteiger partial charge in [-0.3, -0.25) is 15.1 Å². The lowest BCUT2D eigenvalue weighted by Gasteiger charge is -2.08. The molecule has 0 bridgehead atoms. The quantitative estimate of drug-likeness (QED) is 0.220. The maximum absolute atomic E-state index is 12.6. The Hall–Kier alpha value is -3.34. The SMILES string of the molecule is O=C(NC(=S)Nc1ccc2oc(-c3cncc(Br)c3)nc2c1)c1ccc(-c2ccc(Br)cc2)o1. The van der Waals surface area contributed by atoms with Gasteiger partial charge in [-0.2, -0.15) is 0 Å². The minimum Gasteiger partial charge on any atom is -0.451 e. The normalized spacial score (nSPS) is 10.9. The first kappa shape index (κ1) is 22.5. The van der Waals surface area contributed by atoms with Crippen LogP contribution in [0.2, 0.25) is 0 Å². The molecule has 5 aromatic rings. The number of hydrogen-bond acceptors (Lipinski definition) is 6. The number of nitrogens with one attached hydrogen (secondary N) is 2. The number of anilines is 1. The number of oxazole rings is 1. The number of nitrogens with zero attached hydrogens (tertiary/aromatic N) is 2. The topological polar surface area (TPSA) is 93.2 Å². The Morgan fingerprint density at radius 1 is 0.882 bits per heavy atom. The van der Waals surface area contributed by atoms with Gasteiger partial charge in [-0.05, 0) is 76.7 Å². The fourth-order valence-electron chi connectivity index (χ4n) is 3.21. The van der Waals surface area contributed by atoms with E-state index in [2.05, 4.69) is 52.5 Å². The minimum atomic E-state index is -0.451. The summed E-state index contributed by atoms with van der Waals surface area (Å²) in [5.74, 6) is 0.745. The second kappa shape index (κ2) is 9.49. The van der Waals surface area contributed by atoms with Crippen LogP contribution in [0.5, 0.6) is 0 Å². The summed E-state index contributed by atoms with van der Waals surface area (Å²) in [4.78, 5) is 21.2. The maximum atomic E-state index is 12.6. The second-order valence-corrected chi connectivity index (χ2v) is 9.41. The first-order chi connectivity index (χ1) is 16.4. The molecule has 0 saturated heterocycles. The molecule has 0 spiro atoms. The summed E-state index contributed by atoms with van der Waals surface area (Å²) >= 11 is 12.1. The van der Waals surface area contributed by atoms with Crippen LogP contribution in [0.3, 0.4) is 0 Å². The van der Waals surface area contributed by atoms with Gasteiger partial charge in [0.1, 0.15) is 11.3 Å². The average molecular weight is 598 g/mol. The number of rotatable bonds is 4. The van der Waals surface area contributed by atoms with Crippen molar-refractivity contribution in [2.24, 2.45) is 0 Å². The Morgan fingerprint density at radius 2 is 1.71 bits per heavy atom. The molecule has 0 fully saturated rings. The highest BCUT2D eigenvalue weighted by atomic mass is 79.9. The third kappa shape index (κ3) is 4.93. The Kier molecular flexibility index (Phi) is 6.27. The van der Waals surface area contributed by atoms with Crippen molar-refractivity contribution in [2.45, 2.75) is 0 Å². The first-order valence-corrected chi connectivity index (χ1v) is 11.9. The molecule has 10 heteroatoms. The van der Waals surface area contributed by atoms with E-state index in [0.717, 1.165) is 20.1 Å². The van der Waals surface area contributed by atoms with E-state index in [-0.39, 0.29) is 10.9 Å². The van der Waals surface area contributed by atoms with Crippen molar-refractivity contribution < 1.29 is 13.6 Å². The summed E-state index contributed by atoms with van der Waals surface area (Å²) in [6.07, 6.45) is 3.36. The van der Waals surface area contributed by atoms with E-state index >= 15 is 0 Å². The van der Waals surface area contributed by atoms with E-state index in [1.165, 1.54) is 0 Å². The number of amides is 1. The van der Waals surface area contributed by atoms with Gasteiger partial charge >= 0.3 is 0 Å². The highest BCUT2D eigenvalue weighted by molar-refractivity contribution is 9.10. The summed E-state index contributed by atoms with van der Waals surface area (Å²) in [7, 11) is 0. The summed E-state index contributed by atoms with van der Waals surface area (Å²) in [5, 5.41) is 5.75. The minimum absolute atomic E-state index is 0.130. The number of fused-ring (bicyclic) bond motifs is 1. The van der Waals surface area contributed by atoms with Crippen molar-refractivity contribution >= 4 is 71.9 Å². The van der Waals surface area contributed by atoms with Gasteiger partial charge in [-0.1, -0.05) is 28.1 Å². The van der Waals surface area contributed by atoms with Crippen molar-refractivity contribution in [3.63, 3.8) is 0 Å². The fourth-order valence-corrected chi connectivity index (χ4v) is 4.05. The number of furan rings is 1. The summed E-state index contributed by atoms with van der Waals surface area (Å²) in [5.41, 5.74) is 3.52. The number of thiocarbonyl (C=S) groups is 1. The monoisotopic (exact) mass is 596 g/mol. The molecule has 2 N–H and O–H groups in total. The van der Waals surface area contributed by atoms with Crippen LogP contribution in [0, 0.1) is 0 Å². The molecule has 0 unspecified atom stereocenters. The molecule has 0 saturated carbocycles. The summed E-state index contributed by atoms with van der Waals surface area (Å²) < 4.78 is 13.3. The van der Waals surface area contributed by atoms with Crippen molar-refractivity contribution in [1.82, 2.24) is 15.3 Å². The maximum Gasteiger partial charge on any atom is 0.293 e. The molecule has 0 radical (unpaired) electrons. The van der Waals surface area contributed by atoms with Crippen LogP contribution in [-0.2, 0) is 0 Å². The Labute approximate surface area is 215 Å². The van der Waals surface area contributed by atoms with Gasteiger partial charge in [0.2, 0.25) is 5.89 Å². The number of aromatic nitrogens is 2. The molecule has 0 aliphatic heterocycles. The van der Waals surface area contributed by atoms with Gasteiger partial charge in [-0.15, -0.1) is 0 Å². The van der Waals surface area contributed by atoms with E-state index in [1.54, 1.807) is 42.7 Å². The van der Waals surface area contributed by atoms with Gasteiger partial charge in [0.15, 0.2) is 16.5 Å². The zero-order valence-electron chi connectivity index (χ0n) is 17.2. The van der Waals surface area contributed by atoms with E-state index in [4.69, 9.17) is 21.1 Å². The van der Waals surface area contributed by atoms with Crippen LogP contribution in [0.25, 0.3) is 33.9 Å². The van der Waals surface area contributed by atoms with Crippen LogP contribution in [0.4, 0.5) is 5.69 Å². The van der Waals surface area contributed by atoms with Crippen LogP contribution in [0.15, 0.2) is 90.8 Å². The molecule has 3 aromatic heterocycles. The number of carbonyl (C=O) groups excluding carboxylic acids is 1. The molecule has 2 aromatic carbocycles. The largest absolute Gasteiger partial charge is 0.451 e. The molecule has 0 atom stereocenters. The zero-order valence-corrected chi connectivity index (χ0v) is 21.2. The molecular weight excluding hydrogens is 584 g/mol. The van der Waals surface area contributed by atoms with E-state index in [0.29, 0.717) is 28.4 Å². The number of pyridine rings is 1. The van der Waals surface area contributed by atoms with Crippen LogP contribution < -0.4 is 10.6 Å². The van der Waals surface area contributed by atoms with Crippen LogP contribution in [-0.4, -0.2) is 21.0 Å². The van der Waals surface area contributed by atoms with Gasteiger partial charge in [0.25, 0.3) is 5.91 Å². The Bertz CT molecular complexity index is 1530. The molecule has 0 aliphatic rings. The molecule has 0 aliphatic carbocycles. The third-order valence-corrected chi connectivity index (χ3v) is 5.95. The van der Waals surface area contributed by atoms with Gasteiger partial charge in [-0.25, -0.2) is 4.98 Å². The van der Waals surface area contributed by atoms with Crippen molar-refractivity contribution in [2.75, 3.05) is 5.32 Å². The number of hydrogen-bond donors (Lipinski definition) is 2. The molecule has 5 rings (SSSR count). The van der Waals surface area contributed by atoms with Crippen LogP contribution in [0.1, 0.15) is 10.6 Å². The van der Waals surface area contributed by atoms with Gasteiger partial charge < -0.3 is 14.2 Å². The van der Waals surface area contributed by atoms with Gasteiger partial charge in [0, 0.05) is 32.6 Å². The average Bonchev–Trinajstić information content (AvgIpc) is 3.47. The zero-order chi connectivity index (χ0) is 23.7. The summed E-state index contributed by atoms with van der Waals surface area (Å²) in [6.45, 7) is 0. The predicted molar refractivity (Wildman–Crippen MR) is 140 cm³/mol. The predicted octanol–water partition coefficient (Wildman–Crippen LogP) is 6.80. The molecule has 7 nitrogen and oxygen atoms in total. The number of halogens is 2. The third-order valence-electron chi connectivity index (χ3n) is 4.78. The molecule has 3 heterocycles. The van der Waals surface area contributed by atoms with Gasteiger partial charge in [0.05, 0.1) is 5.56 Å². The molecule has 1 amide bonds. The van der Waals surface area contributed by atoms with Crippen molar-refractivity contribution in [3.05, 3.63) is 87.8 Å². The van der Waals surface area contributed by atoms with Crippen LogP contribution >= 0.6 is 44.1 Å². The number of benzene rings is 2. The Morgan fingerprint density at radius 3 is 2.50 bits per heavy atom. The van der Waals surface area contributed by atoms with E-state index < -0.39 is 5.91 Å². The molecule has 168 valence electrons. The summed E-state index contributed by atoms with van der Waals surface area (Å²) in [6, 6.07) is 18.2. The van der Waals surface area contributed by atoms with E-state index in [9.17, 15) is 4.79 Å². The van der Waals surface area contributed by atoms with Crippen molar-refractivity contribution in [1.29, 1.82) is 0 Å². The number of carbonyl (C=O) groups is 1. The smallest absolute Gasteiger partial charge is 0.293 e. The standard InChI is InChI=1S/C24H14Br2N4O3S/c25-15-3-1-13(2-4-15)19-7-8-21(32-19)22(31)30-24(34)28-17-5-6-20-18(10-17)29-23(33-20)14-9-16(26)12-27-11-14/h1-12H,(H2,28,30,31,34). The fraction of sp³-hybridized carbons (Fsp3) is 0. The van der Waals surface area contributed by atoms with E-state index in [1.807, 2.05) is 30.3 Å². The molecular formula is C24H14Br2N4O3S. The lowest BCUT2D eigenvalue weighted by molar-refractivity contribution is 0.0951. The molecule has 34 heavy (non-hydrogen) atoms.